The van der Waals surface area contributed by atoms with Crippen molar-refractivity contribution in [2.45, 2.75) is 41.8 Å². The van der Waals surface area contributed by atoms with Crippen LogP contribution in [0.3, 0.4) is 0 Å². The van der Waals surface area contributed by atoms with Gasteiger partial charge in [-0.1, -0.05) is 29.5 Å². The minimum Gasteiger partial charge on any atom is -0.212 e. The van der Waals surface area contributed by atoms with Gasteiger partial charge >= 0.3 is 0 Å². The molecule has 0 radical (unpaired) electrons. The molecule has 0 atom stereocenters. The van der Waals surface area contributed by atoms with Gasteiger partial charge in [0.2, 0.25) is 10.0 Å². The van der Waals surface area contributed by atoms with Crippen LogP contribution in [0.1, 0.15) is 32.6 Å². The van der Waals surface area contributed by atoms with Gasteiger partial charge in [0.05, 0.1) is 5.25 Å². The zero-order valence-electron chi connectivity index (χ0n) is 9.02. The monoisotopic (exact) mass is 343 g/mol. The molecule has 0 aromatic rings. The summed E-state index contributed by atoms with van der Waals surface area (Å²) in [5.74, 6) is 0.604. The Bertz CT molecular complexity index is 316. The lowest BCUT2D eigenvalue weighted by molar-refractivity contribution is 0.303. The number of alkyl halides is 1. The van der Waals surface area contributed by atoms with E-state index in [2.05, 4.69) is 29.5 Å². The predicted octanol–water partition coefficient (Wildman–Crippen LogP) is 2.01. The van der Waals surface area contributed by atoms with Crippen LogP contribution in [0.25, 0.3) is 0 Å². The Morgan fingerprint density at radius 2 is 1.73 bits per heavy atom. The third kappa shape index (κ3) is 2.49. The molecule has 0 amide bonds. The van der Waals surface area contributed by atoms with Gasteiger partial charge in [-0.25, -0.2) is 12.7 Å². The molecule has 0 spiro atoms. The van der Waals surface area contributed by atoms with Crippen molar-refractivity contribution in [2.24, 2.45) is 5.92 Å². The highest BCUT2D eigenvalue weighted by Gasteiger charge is 2.40. The van der Waals surface area contributed by atoms with Crippen LogP contribution in [-0.4, -0.2) is 35.0 Å². The first-order chi connectivity index (χ1) is 7.00. The number of hydrogen-bond donors (Lipinski definition) is 0. The highest BCUT2D eigenvalue weighted by molar-refractivity contribution is 14.1. The van der Waals surface area contributed by atoms with E-state index in [1.807, 2.05) is 0 Å². The number of hydrogen-bond acceptors (Lipinski definition) is 2. The lowest BCUT2D eigenvalue weighted by atomic mass is 9.87. The molecule has 0 aromatic carbocycles. The van der Waals surface area contributed by atoms with Gasteiger partial charge in [-0.15, -0.1) is 0 Å². The van der Waals surface area contributed by atoms with E-state index in [4.69, 9.17) is 0 Å². The van der Waals surface area contributed by atoms with Crippen molar-refractivity contribution in [3.05, 3.63) is 0 Å². The molecule has 1 saturated heterocycles. The van der Waals surface area contributed by atoms with Gasteiger partial charge in [-0.2, -0.15) is 0 Å². The molecule has 3 nitrogen and oxygen atoms in total. The molecule has 5 heteroatoms. The van der Waals surface area contributed by atoms with E-state index in [9.17, 15) is 8.42 Å². The van der Waals surface area contributed by atoms with E-state index in [-0.39, 0.29) is 5.25 Å². The summed E-state index contributed by atoms with van der Waals surface area (Å²) >= 11 is 2.42. The Morgan fingerprint density at radius 1 is 1.20 bits per heavy atom. The molecule has 0 unspecified atom stereocenters. The largest absolute Gasteiger partial charge is 0.217 e. The topological polar surface area (TPSA) is 37.4 Å². The lowest BCUT2D eigenvalue weighted by Gasteiger charge is -2.38. The van der Waals surface area contributed by atoms with Gasteiger partial charge in [-0.05, 0) is 31.6 Å². The summed E-state index contributed by atoms with van der Waals surface area (Å²) in [4.78, 5) is 0. The molecule has 2 aliphatic rings. The second-order valence-corrected chi connectivity index (χ2v) is 8.79. The Hall–Kier alpha value is 0.640. The van der Waals surface area contributed by atoms with Crippen LogP contribution in [0.5, 0.6) is 0 Å². The molecule has 15 heavy (non-hydrogen) atoms. The fourth-order valence-corrected chi connectivity index (χ4v) is 5.20. The van der Waals surface area contributed by atoms with Gasteiger partial charge in [0.15, 0.2) is 0 Å². The van der Waals surface area contributed by atoms with Crippen LogP contribution in [0, 0.1) is 5.92 Å². The fraction of sp³-hybridized carbons (Fsp3) is 1.00. The maximum Gasteiger partial charge on any atom is 0.217 e. The van der Waals surface area contributed by atoms with Crippen LogP contribution in [0.2, 0.25) is 0 Å². The molecule has 1 heterocycles. The summed E-state index contributed by atoms with van der Waals surface area (Å²) in [6.45, 7) is 3.60. The van der Waals surface area contributed by atoms with E-state index in [0.717, 1.165) is 38.8 Å². The maximum atomic E-state index is 12.1. The summed E-state index contributed by atoms with van der Waals surface area (Å²) in [5, 5.41) is -0.0711. The zero-order chi connectivity index (χ0) is 11.1. The standard InChI is InChI=1S/C10H18INO2S/c1-8-6-10(7-8)15(13,14)12-4-2-9(11)3-5-12/h8-10H,2-7H2,1H3. The van der Waals surface area contributed by atoms with E-state index in [0.29, 0.717) is 9.84 Å². The van der Waals surface area contributed by atoms with Gasteiger partial charge < -0.3 is 0 Å². The second-order valence-electron chi connectivity index (χ2n) is 4.82. The minimum atomic E-state index is -2.95. The fourth-order valence-electron chi connectivity index (χ4n) is 2.36. The Kier molecular flexibility index (Phi) is 3.62. The smallest absolute Gasteiger partial charge is 0.212 e. The van der Waals surface area contributed by atoms with Gasteiger partial charge in [0, 0.05) is 17.0 Å². The zero-order valence-corrected chi connectivity index (χ0v) is 12.0. The second kappa shape index (κ2) is 4.49. The maximum absolute atomic E-state index is 12.1. The highest BCUT2D eigenvalue weighted by atomic mass is 127. The van der Waals surface area contributed by atoms with Crippen molar-refractivity contribution in [2.75, 3.05) is 13.1 Å². The third-order valence-electron chi connectivity index (χ3n) is 3.50. The van der Waals surface area contributed by atoms with Gasteiger partial charge in [0.25, 0.3) is 0 Å². The molecule has 0 aromatic heterocycles. The summed E-state index contributed by atoms with van der Waals surface area (Å²) in [6, 6.07) is 0. The summed E-state index contributed by atoms with van der Waals surface area (Å²) in [5.41, 5.74) is 0. The first-order valence-corrected chi connectivity index (χ1v) is 8.38. The van der Waals surface area contributed by atoms with E-state index >= 15 is 0 Å². The van der Waals surface area contributed by atoms with Crippen molar-refractivity contribution < 1.29 is 8.42 Å². The third-order valence-corrected chi connectivity index (χ3v) is 7.05. The molecule has 2 fully saturated rings. The first kappa shape index (κ1) is 12.1. The van der Waals surface area contributed by atoms with Crippen molar-refractivity contribution in [1.82, 2.24) is 4.31 Å². The quantitative estimate of drug-likeness (QED) is 0.568. The number of halogens is 1. The highest BCUT2D eigenvalue weighted by Crippen LogP contribution is 2.35. The SMILES string of the molecule is CC1CC(S(=O)(=O)N2CCC(I)CC2)C1. The van der Waals surface area contributed by atoms with Crippen molar-refractivity contribution >= 4 is 32.6 Å². The predicted molar refractivity (Wildman–Crippen MR) is 69.7 cm³/mol. The number of piperidine rings is 1. The average molecular weight is 343 g/mol. The average Bonchev–Trinajstić information content (AvgIpc) is 2.13. The van der Waals surface area contributed by atoms with Crippen molar-refractivity contribution in [3.63, 3.8) is 0 Å². The molecule has 1 aliphatic heterocycles. The van der Waals surface area contributed by atoms with Crippen LogP contribution in [0.4, 0.5) is 0 Å². The summed E-state index contributed by atoms with van der Waals surface area (Å²) in [7, 11) is -2.95. The van der Waals surface area contributed by atoms with Gasteiger partial charge in [0.1, 0.15) is 0 Å². The van der Waals surface area contributed by atoms with Crippen LogP contribution in [-0.2, 0) is 10.0 Å². The molecular weight excluding hydrogens is 325 g/mol. The minimum absolute atomic E-state index is 0.0711. The molecule has 0 bridgehead atoms. The molecular formula is C10H18INO2S. The van der Waals surface area contributed by atoms with Gasteiger partial charge in [-0.3, -0.25) is 0 Å². The number of nitrogens with zero attached hydrogens (tertiary/aromatic N) is 1. The number of sulfonamides is 1. The van der Waals surface area contributed by atoms with E-state index in [1.165, 1.54) is 0 Å². The van der Waals surface area contributed by atoms with E-state index in [1.54, 1.807) is 4.31 Å². The molecule has 1 saturated carbocycles. The molecule has 1 aliphatic carbocycles. The van der Waals surface area contributed by atoms with Crippen LogP contribution >= 0.6 is 22.6 Å². The first-order valence-electron chi connectivity index (χ1n) is 5.63. The van der Waals surface area contributed by atoms with Crippen molar-refractivity contribution in [1.29, 1.82) is 0 Å². The Labute approximate surface area is 106 Å². The molecule has 0 N–H and O–H groups in total. The Morgan fingerprint density at radius 3 is 2.20 bits per heavy atom. The lowest BCUT2D eigenvalue weighted by Crippen LogP contribution is -2.47. The van der Waals surface area contributed by atoms with E-state index < -0.39 is 10.0 Å². The van der Waals surface area contributed by atoms with Crippen molar-refractivity contribution in [3.8, 4) is 0 Å². The summed E-state index contributed by atoms with van der Waals surface area (Å²) in [6.07, 6.45) is 3.77. The summed E-state index contributed by atoms with van der Waals surface area (Å²) < 4.78 is 26.7. The number of rotatable bonds is 2. The normalized spacial score (nSPS) is 35.1. The van der Waals surface area contributed by atoms with Crippen LogP contribution in [0.15, 0.2) is 0 Å². The van der Waals surface area contributed by atoms with Crippen LogP contribution < -0.4 is 0 Å². The Balaban J connectivity index is 1.97. The molecule has 88 valence electrons. The molecule has 2 rings (SSSR count).